The Kier molecular flexibility index (Phi) is 1.97. The average Bonchev–Trinajstić information content (AvgIpc) is 1.98. The van der Waals surface area contributed by atoms with Gasteiger partial charge < -0.3 is 0 Å². The van der Waals surface area contributed by atoms with Gasteiger partial charge in [0.1, 0.15) is 0 Å². The topological polar surface area (TPSA) is 0 Å². The van der Waals surface area contributed by atoms with Gasteiger partial charge in [0, 0.05) is 0 Å². The molecule has 1 atom stereocenters. The molecule has 0 radical (unpaired) electrons. The van der Waals surface area contributed by atoms with Crippen molar-refractivity contribution < 1.29 is 26.3 Å². The summed E-state index contributed by atoms with van der Waals surface area (Å²) in [7, 11) is 0. The lowest BCUT2D eigenvalue weighted by atomic mass is 9.97. The highest BCUT2D eigenvalue weighted by Gasteiger charge is 2.52. The van der Waals surface area contributed by atoms with Crippen LogP contribution in [0.1, 0.15) is 6.92 Å². The lowest BCUT2D eigenvalue weighted by molar-refractivity contribution is 0.0161. The van der Waals surface area contributed by atoms with Crippen LogP contribution in [0.3, 0.4) is 0 Å². The predicted molar refractivity (Wildman–Crippen MR) is 32.9 cm³/mol. The van der Waals surface area contributed by atoms with Crippen LogP contribution in [0.4, 0.5) is 26.3 Å². The standard InChI is InChI=1S/C7H4F6/c1-6(11)2-3(8)7(12,13)5(10)4(6)9/h2H,1H3. The largest absolute Gasteiger partial charge is 0.351 e. The quantitative estimate of drug-likeness (QED) is 0.528. The van der Waals surface area contributed by atoms with Crippen molar-refractivity contribution in [2.45, 2.75) is 18.5 Å². The van der Waals surface area contributed by atoms with Crippen LogP contribution in [0.15, 0.2) is 23.6 Å². The van der Waals surface area contributed by atoms with Gasteiger partial charge in [0.15, 0.2) is 17.3 Å². The molecule has 1 aliphatic carbocycles. The van der Waals surface area contributed by atoms with E-state index in [1.165, 1.54) is 0 Å². The number of hydrogen-bond donors (Lipinski definition) is 0. The van der Waals surface area contributed by atoms with Gasteiger partial charge in [0.05, 0.1) is 0 Å². The third-order valence-electron chi connectivity index (χ3n) is 1.60. The molecular weight excluding hydrogens is 198 g/mol. The van der Waals surface area contributed by atoms with Gasteiger partial charge in [-0.2, -0.15) is 8.78 Å². The Hall–Kier alpha value is -0.940. The highest BCUT2D eigenvalue weighted by atomic mass is 19.3. The predicted octanol–water partition coefficient (Wildman–Crippen LogP) is 3.37. The molecule has 0 nitrogen and oxygen atoms in total. The average molecular weight is 202 g/mol. The third-order valence-corrected chi connectivity index (χ3v) is 1.60. The smallest absolute Gasteiger partial charge is 0.232 e. The zero-order valence-electron chi connectivity index (χ0n) is 6.35. The van der Waals surface area contributed by atoms with Crippen LogP contribution in [0.2, 0.25) is 0 Å². The Balaban J connectivity index is 3.30. The molecule has 0 aromatic carbocycles. The fourth-order valence-electron chi connectivity index (χ4n) is 0.849. The van der Waals surface area contributed by atoms with Gasteiger partial charge in [-0.25, -0.2) is 17.6 Å². The Morgan fingerprint density at radius 1 is 1.00 bits per heavy atom. The van der Waals surface area contributed by atoms with E-state index in [0.717, 1.165) is 0 Å². The second-order valence-corrected chi connectivity index (χ2v) is 2.77. The maximum Gasteiger partial charge on any atom is 0.351 e. The van der Waals surface area contributed by atoms with Crippen LogP contribution in [-0.4, -0.2) is 11.6 Å². The van der Waals surface area contributed by atoms with Crippen LogP contribution in [0.5, 0.6) is 0 Å². The molecule has 6 heteroatoms. The normalized spacial score (nSPS) is 33.3. The van der Waals surface area contributed by atoms with E-state index in [9.17, 15) is 26.3 Å². The molecule has 0 spiro atoms. The first-order chi connectivity index (χ1) is 5.69. The first kappa shape index (κ1) is 10.1. The Labute approximate surface area is 69.5 Å². The van der Waals surface area contributed by atoms with E-state index in [-0.39, 0.29) is 6.08 Å². The van der Waals surface area contributed by atoms with E-state index in [4.69, 9.17) is 0 Å². The van der Waals surface area contributed by atoms with Crippen LogP contribution in [0.25, 0.3) is 0 Å². The minimum atomic E-state index is -4.68. The molecule has 74 valence electrons. The van der Waals surface area contributed by atoms with Crippen LogP contribution >= 0.6 is 0 Å². The lowest BCUT2D eigenvalue weighted by Crippen LogP contribution is -2.31. The summed E-state index contributed by atoms with van der Waals surface area (Å²) in [6.45, 7) is 0.441. The number of hydrogen-bond acceptors (Lipinski definition) is 0. The van der Waals surface area contributed by atoms with Crippen LogP contribution in [-0.2, 0) is 0 Å². The van der Waals surface area contributed by atoms with E-state index < -0.39 is 29.1 Å². The number of alkyl halides is 3. The van der Waals surface area contributed by atoms with Crippen molar-refractivity contribution in [1.82, 2.24) is 0 Å². The molecule has 13 heavy (non-hydrogen) atoms. The minimum absolute atomic E-state index is 0.286. The number of rotatable bonds is 0. The van der Waals surface area contributed by atoms with E-state index in [1.54, 1.807) is 0 Å². The summed E-state index contributed by atoms with van der Waals surface area (Å²) < 4.78 is 74.5. The van der Waals surface area contributed by atoms with E-state index in [2.05, 4.69) is 0 Å². The Bertz CT molecular complexity index is 298. The fraction of sp³-hybridized carbons (Fsp3) is 0.429. The van der Waals surface area contributed by atoms with Gasteiger partial charge in [0.2, 0.25) is 5.83 Å². The van der Waals surface area contributed by atoms with Crippen molar-refractivity contribution in [3.63, 3.8) is 0 Å². The third kappa shape index (κ3) is 1.34. The second-order valence-electron chi connectivity index (χ2n) is 2.77. The van der Waals surface area contributed by atoms with Crippen molar-refractivity contribution in [2.24, 2.45) is 0 Å². The Morgan fingerprint density at radius 3 is 1.92 bits per heavy atom. The van der Waals surface area contributed by atoms with Crippen molar-refractivity contribution in [1.29, 1.82) is 0 Å². The molecule has 1 unspecified atom stereocenters. The van der Waals surface area contributed by atoms with Gasteiger partial charge in [-0.05, 0) is 13.0 Å². The van der Waals surface area contributed by atoms with Gasteiger partial charge in [-0.3, -0.25) is 0 Å². The number of halogens is 6. The fourth-order valence-corrected chi connectivity index (χ4v) is 0.849. The summed E-state index contributed by atoms with van der Waals surface area (Å²) in [5.41, 5.74) is -3.14. The second kappa shape index (κ2) is 2.52. The molecule has 0 fully saturated rings. The lowest BCUT2D eigenvalue weighted by Gasteiger charge is -2.24. The molecule has 0 bridgehead atoms. The van der Waals surface area contributed by atoms with Crippen LogP contribution in [0, 0.1) is 0 Å². The molecular formula is C7H4F6. The summed E-state index contributed by atoms with van der Waals surface area (Å²) in [4.78, 5) is 0. The molecule has 0 saturated heterocycles. The zero-order chi connectivity index (χ0) is 10.4. The molecule has 0 amide bonds. The number of allylic oxidation sites excluding steroid dienone is 4. The molecule has 0 heterocycles. The summed E-state index contributed by atoms with van der Waals surface area (Å²) in [5.74, 6) is -12.0. The van der Waals surface area contributed by atoms with Crippen molar-refractivity contribution >= 4 is 0 Å². The Morgan fingerprint density at radius 2 is 1.46 bits per heavy atom. The first-order valence-electron chi connectivity index (χ1n) is 3.21. The summed E-state index contributed by atoms with van der Waals surface area (Å²) in [5, 5.41) is 0. The molecule has 0 saturated carbocycles. The van der Waals surface area contributed by atoms with E-state index in [0.29, 0.717) is 6.92 Å². The molecule has 0 N–H and O–H groups in total. The van der Waals surface area contributed by atoms with Crippen molar-refractivity contribution in [3.05, 3.63) is 23.6 Å². The molecule has 1 rings (SSSR count). The van der Waals surface area contributed by atoms with Gasteiger partial charge in [-0.15, -0.1) is 0 Å². The highest BCUT2D eigenvalue weighted by Crippen LogP contribution is 2.45. The molecule has 0 aromatic rings. The van der Waals surface area contributed by atoms with E-state index >= 15 is 0 Å². The summed E-state index contributed by atoms with van der Waals surface area (Å²) in [6.07, 6.45) is -0.286. The maximum absolute atomic E-state index is 12.8. The van der Waals surface area contributed by atoms with Gasteiger partial charge in [-0.1, -0.05) is 0 Å². The van der Waals surface area contributed by atoms with Crippen LogP contribution < -0.4 is 0 Å². The van der Waals surface area contributed by atoms with Crippen molar-refractivity contribution in [3.8, 4) is 0 Å². The van der Waals surface area contributed by atoms with E-state index in [1.807, 2.05) is 0 Å². The first-order valence-corrected chi connectivity index (χ1v) is 3.21. The minimum Gasteiger partial charge on any atom is -0.232 e. The highest BCUT2D eigenvalue weighted by molar-refractivity contribution is 5.36. The summed E-state index contributed by atoms with van der Waals surface area (Å²) >= 11 is 0. The molecule has 1 aliphatic rings. The maximum atomic E-state index is 12.8. The van der Waals surface area contributed by atoms with Crippen molar-refractivity contribution in [2.75, 3.05) is 0 Å². The SMILES string of the molecule is CC1(F)C=C(F)C(F)(F)C(F)=C1F. The molecule has 0 aliphatic heterocycles. The monoisotopic (exact) mass is 202 g/mol. The zero-order valence-corrected chi connectivity index (χ0v) is 6.35. The van der Waals surface area contributed by atoms with Gasteiger partial charge >= 0.3 is 5.92 Å². The van der Waals surface area contributed by atoms with Gasteiger partial charge in [0.25, 0.3) is 0 Å². The summed E-state index contributed by atoms with van der Waals surface area (Å²) in [6, 6.07) is 0. The molecule has 0 aromatic heterocycles.